The summed E-state index contributed by atoms with van der Waals surface area (Å²) in [4.78, 5) is 11.1. The van der Waals surface area contributed by atoms with Crippen LogP contribution in [0.25, 0.3) is 0 Å². The van der Waals surface area contributed by atoms with Crippen LogP contribution < -0.4 is 5.56 Å². The van der Waals surface area contributed by atoms with Crippen LogP contribution in [0.4, 0.5) is 0 Å². The Labute approximate surface area is 83.5 Å². The third kappa shape index (κ3) is 1.86. The summed E-state index contributed by atoms with van der Waals surface area (Å²) in [7, 11) is 0. The average molecular weight is 192 g/mol. The number of hydrogen-bond acceptors (Lipinski definition) is 2. The van der Waals surface area contributed by atoms with Crippen molar-refractivity contribution in [1.29, 1.82) is 0 Å². The Bertz CT molecular complexity index is 370. The van der Waals surface area contributed by atoms with E-state index in [4.69, 9.17) is 0 Å². The molecule has 1 unspecified atom stereocenters. The molecule has 1 aliphatic rings. The Morgan fingerprint density at radius 3 is 3.29 bits per heavy atom. The summed E-state index contributed by atoms with van der Waals surface area (Å²) in [5.41, 5.74) is 2.19. The minimum Gasteiger partial charge on any atom is -0.268 e. The number of H-pyrrole nitrogens is 1. The zero-order valence-electron chi connectivity index (χ0n) is 8.55. The third-order valence-corrected chi connectivity index (χ3v) is 2.97. The molecule has 0 amide bonds. The van der Waals surface area contributed by atoms with Gasteiger partial charge in [0.2, 0.25) is 0 Å². The minimum atomic E-state index is -0.0686. The van der Waals surface area contributed by atoms with E-state index in [1.165, 1.54) is 24.8 Å². The standard InChI is InChI=1S/C11H16N2O/c1-2-3-8-4-5-10-9(6-8)7-11(14)13-12-10/h7-8H,2-6H2,1H3,(H,13,14). The monoisotopic (exact) mass is 192 g/mol. The highest BCUT2D eigenvalue weighted by molar-refractivity contribution is 5.20. The zero-order valence-corrected chi connectivity index (χ0v) is 8.55. The molecule has 3 nitrogen and oxygen atoms in total. The first-order valence-corrected chi connectivity index (χ1v) is 5.37. The first kappa shape index (κ1) is 9.44. The molecule has 0 bridgehead atoms. The second-order valence-electron chi connectivity index (χ2n) is 4.10. The molecule has 0 saturated carbocycles. The molecule has 0 saturated heterocycles. The SMILES string of the molecule is CCCC1CCc2n[nH]c(=O)cc2C1. The second-order valence-corrected chi connectivity index (χ2v) is 4.10. The van der Waals surface area contributed by atoms with Crippen LogP contribution in [0.2, 0.25) is 0 Å². The fourth-order valence-corrected chi connectivity index (χ4v) is 2.27. The molecule has 14 heavy (non-hydrogen) atoms. The van der Waals surface area contributed by atoms with Crippen molar-refractivity contribution in [2.24, 2.45) is 5.92 Å². The average Bonchev–Trinajstić information content (AvgIpc) is 2.17. The molecule has 1 aromatic heterocycles. The summed E-state index contributed by atoms with van der Waals surface area (Å²) >= 11 is 0. The molecule has 1 heterocycles. The van der Waals surface area contributed by atoms with Crippen molar-refractivity contribution in [3.05, 3.63) is 27.7 Å². The van der Waals surface area contributed by atoms with Gasteiger partial charge >= 0.3 is 0 Å². The number of aryl methyl sites for hydroxylation is 1. The van der Waals surface area contributed by atoms with Crippen LogP contribution in [0.3, 0.4) is 0 Å². The van der Waals surface area contributed by atoms with Crippen molar-refractivity contribution in [1.82, 2.24) is 10.2 Å². The van der Waals surface area contributed by atoms with Crippen LogP contribution in [0.1, 0.15) is 37.4 Å². The minimum absolute atomic E-state index is 0.0686. The van der Waals surface area contributed by atoms with Crippen molar-refractivity contribution in [3.8, 4) is 0 Å². The van der Waals surface area contributed by atoms with Crippen LogP contribution in [0.15, 0.2) is 10.9 Å². The van der Waals surface area contributed by atoms with Crippen molar-refractivity contribution < 1.29 is 0 Å². The lowest BCUT2D eigenvalue weighted by atomic mass is 9.84. The third-order valence-electron chi connectivity index (χ3n) is 2.97. The van der Waals surface area contributed by atoms with E-state index in [-0.39, 0.29) is 5.56 Å². The van der Waals surface area contributed by atoms with Gasteiger partial charge in [0.25, 0.3) is 5.56 Å². The Morgan fingerprint density at radius 2 is 2.50 bits per heavy atom. The number of hydrogen-bond donors (Lipinski definition) is 1. The number of aromatic nitrogens is 2. The van der Waals surface area contributed by atoms with Gasteiger partial charge < -0.3 is 0 Å². The Balaban J connectivity index is 2.20. The molecule has 0 aromatic carbocycles. The van der Waals surface area contributed by atoms with E-state index in [9.17, 15) is 4.79 Å². The Morgan fingerprint density at radius 1 is 1.64 bits per heavy atom. The van der Waals surface area contributed by atoms with E-state index in [1.807, 2.05) is 0 Å². The maximum atomic E-state index is 11.1. The fraction of sp³-hybridized carbons (Fsp3) is 0.636. The fourth-order valence-electron chi connectivity index (χ4n) is 2.27. The highest BCUT2D eigenvalue weighted by atomic mass is 16.1. The Hall–Kier alpha value is -1.12. The smallest absolute Gasteiger partial charge is 0.264 e. The molecule has 0 radical (unpaired) electrons. The maximum Gasteiger partial charge on any atom is 0.264 e. The molecule has 1 aliphatic carbocycles. The van der Waals surface area contributed by atoms with Crippen molar-refractivity contribution in [2.45, 2.75) is 39.0 Å². The highest BCUT2D eigenvalue weighted by Crippen LogP contribution is 2.25. The van der Waals surface area contributed by atoms with Crippen LogP contribution in [-0.2, 0) is 12.8 Å². The van der Waals surface area contributed by atoms with Crippen molar-refractivity contribution in [3.63, 3.8) is 0 Å². The summed E-state index contributed by atoms with van der Waals surface area (Å²) in [6.45, 7) is 2.21. The highest BCUT2D eigenvalue weighted by Gasteiger charge is 2.19. The topological polar surface area (TPSA) is 45.8 Å². The van der Waals surface area contributed by atoms with Crippen molar-refractivity contribution >= 4 is 0 Å². The summed E-state index contributed by atoms with van der Waals surface area (Å²) in [6, 6.07) is 1.71. The number of nitrogens with zero attached hydrogens (tertiary/aromatic N) is 1. The maximum absolute atomic E-state index is 11.1. The molecular weight excluding hydrogens is 176 g/mol. The molecule has 2 rings (SSSR count). The molecule has 0 spiro atoms. The largest absolute Gasteiger partial charge is 0.268 e. The van der Waals surface area contributed by atoms with Crippen LogP contribution in [-0.4, -0.2) is 10.2 Å². The lowest BCUT2D eigenvalue weighted by Crippen LogP contribution is -2.20. The summed E-state index contributed by atoms with van der Waals surface area (Å²) in [6.07, 6.45) is 5.79. The van der Waals surface area contributed by atoms with Crippen molar-refractivity contribution in [2.75, 3.05) is 0 Å². The molecule has 1 atom stereocenters. The van der Waals surface area contributed by atoms with E-state index < -0.39 is 0 Å². The molecule has 0 aliphatic heterocycles. The van der Waals surface area contributed by atoms with Gasteiger partial charge in [-0.1, -0.05) is 19.8 Å². The summed E-state index contributed by atoms with van der Waals surface area (Å²) in [5.74, 6) is 0.760. The lowest BCUT2D eigenvalue weighted by Gasteiger charge is -2.22. The molecule has 0 fully saturated rings. The zero-order chi connectivity index (χ0) is 9.97. The van der Waals surface area contributed by atoms with Crippen LogP contribution in [0.5, 0.6) is 0 Å². The predicted octanol–water partition coefficient (Wildman–Crippen LogP) is 1.67. The number of fused-ring (bicyclic) bond motifs is 1. The van der Waals surface area contributed by atoms with Crippen LogP contribution in [0, 0.1) is 5.92 Å². The molecule has 1 N–H and O–H groups in total. The van der Waals surface area contributed by atoms with E-state index in [0.29, 0.717) is 0 Å². The normalized spacial score (nSPS) is 20.5. The van der Waals surface area contributed by atoms with Gasteiger partial charge in [-0.05, 0) is 30.7 Å². The first-order valence-electron chi connectivity index (χ1n) is 5.37. The van der Waals surface area contributed by atoms with Crippen LogP contribution >= 0.6 is 0 Å². The second kappa shape index (κ2) is 3.95. The van der Waals surface area contributed by atoms with Gasteiger partial charge in [-0.2, -0.15) is 5.10 Å². The quantitative estimate of drug-likeness (QED) is 0.774. The summed E-state index contributed by atoms with van der Waals surface area (Å²) < 4.78 is 0. The van der Waals surface area contributed by atoms with E-state index in [1.54, 1.807) is 6.07 Å². The number of rotatable bonds is 2. The van der Waals surface area contributed by atoms with E-state index in [2.05, 4.69) is 17.1 Å². The molecule has 3 heteroatoms. The van der Waals surface area contributed by atoms with Gasteiger partial charge in [0.05, 0.1) is 5.69 Å². The van der Waals surface area contributed by atoms with Gasteiger partial charge in [0.1, 0.15) is 0 Å². The van der Waals surface area contributed by atoms with Gasteiger partial charge in [0, 0.05) is 6.07 Å². The van der Waals surface area contributed by atoms with Gasteiger partial charge in [-0.15, -0.1) is 0 Å². The Kier molecular flexibility index (Phi) is 2.66. The van der Waals surface area contributed by atoms with Gasteiger partial charge in [0.15, 0.2) is 0 Å². The number of nitrogens with one attached hydrogen (secondary N) is 1. The van der Waals surface area contributed by atoms with Gasteiger partial charge in [-0.25, -0.2) is 5.10 Å². The molecule has 1 aromatic rings. The van der Waals surface area contributed by atoms with E-state index in [0.717, 1.165) is 24.5 Å². The van der Waals surface area contributed by atoms with Gasteiger partial charge in [-0.3, -0.25) is 4.79 Å². The predicted molar refractivity (Wildman–Crippen MR) is 55.3 cm³/mol. The lowest BCUT2D eigenvalue weighted by molar-refractivity contribution is 0.416. The van der Waals surface area contributed by atoms with E-state index >= 15 is 0 Å². The molecule has 76 valence electrons. The number of aromatic amines is 1. The molecular formula is C11H16N2O. The summed E-state index contributed by atoms with van der Waals surface area (Å²) in [5, 5.41) is 6.58. The first-order chi connectivity index (χ1) is 6.79.